The quantitative estimate of drug-likeness (QED) is 0.673. The zero-order valence-corrected chi connectivity index (χ0v) is 17.2. The van der Waals surface area contributed by atoms with E-state index in [9.17, 15) is 14.3 Å². The molecule has 1 heterocycles. The van der Waals surface area contributed by atoms with Gasteiger partial charge in [0.05, 0.1) is 17.8 Å². The van der Waals surface area contributed by atoms with Crippen LogP contribution in [0.2, 0.25) is 0 Å². The van der Waals surface area contributed by atoms with E-state index in [0.29, 0.717) is 17.9 Å². The topological polar surface area (TPSA) is 46.5 Å². The Labute approximate surface area is 177 Å². The number of rotatable bonds is 7. The summed E-state index contributed by atoms with van der Waals surface area (Å²) in [5.41, 5.74) is 2.12. The molecule has 0 bridgehead atoms. The fraction of sp³-hybridized carbons (Fsp3) is 0.423. The maximum Gasteiger partial charge on any atom is 0.172 e. The number of hydrogen-bond acceptors (Lipinski definition) is 3. The molecule has 1 saturated carbocycles. The molecule has 2 aromatic rings. The van der Waals surface area contributed by atoms with E-state index in [-0.39, 0.29) is 17.7 Å². The van der Waals surface area contributed by atoms with Gasteiger partial charge in [0.15, 0.2) is 5.78 Å². The number of carbonyl (C=O) groups is 1. The predicted molar refractivity (Wildman–Crippen MR) is 114 cm³/mol. The van der Waals surface area contributed by atoms with E-state index < -0.39 is 12.0 Å². The summed E-state index contributed by atoms with van der Waals surface area (Å²) in [5, 5.41) is 10.9. The molecule has 0 spiro atoms. The lowest BCUT2D eigenvalue weighted by Crippen LogP contribution is -2.31. The highest BCUT2D eigenvalue weighted by molar-refractivity contribution is 6.01. The summed E-state index contributed by atoms with van der Waals surface area (Å²) in [7, 11) is 0. The van der Waals surface area contributed by atoms with Crippen LogP contribution in [0.15, 0.2) is 66.4 Å². The maximum atomic E-state index is 13.5. The molecule has 1 fully saturated rings. The number of hydrogen-bond donors (Lipinski definition) is 1. The SMILES string of the molecule is O=C(C1=COC(CC2CCCCC2)C1O)C(Cc1ccc(F)cc1)c1ccccc1. The Balaban J connectivity index is 1.50. The molecule has 3 atom stereocenters. The maximum absolute atomic E-state index is 13.5. The molecule has 0 amide bonds. The van der Waals surface area contributed by atoms with Crippen molar-refractivity contribution in [1.82, 2.24) is 0 Å². The van der Waals surface area contributed by atoms with Crippen molar-refractivity contribution >= 4 is 5.78 Å². The van der Waals surface area contributed by atoms with Gasteiger partial charge in [0.25, 0.3) is 0 Å². The number of aliphatic hydroxyl groups is 1. The van der Waals surface area contributed by atoms with Crippen molar-refractivity contribution in [2.24, 2.45) is 5.92 Å². The number of carbonyl (C=O) groups excluding carboxylic acids is 1. The van der Waals surface area contributed by atoms with E-state index in [1.54, 1.807) is 12.1 Å². The monoisotopic (exact) mass is 408 g/mol. The minimum absolute atomic E-state index is 0.121. The van der Waals surface area contributed by atoms with Crippen LogP contribution in [0.5, 0.6) is 0 Å². The first kappa shape index (κ1) is 20.8. The number of ether oxygens (including phenoxy) is 1. The van der Waals surface area contributed by atoms with E-state index >= 15 is 0 Å². The molecule has 0 radical (unpaired) electrons. The Kier molecular flexibility index (Phi) is 6.63. The molecular formula is C26H29FO3. The zero-order chi connectivity index (χ0) is 20.9. The summed E-state index contributed by atoms with van der Waals surface area (Å²) in [6.45, 7) is 0. The van der Waals surface area contributed by atoms with Gasteiger partial charge in [-0.3, -0.25) is 4.79 Å². The molecule has 2 aromatic carbocycles. The fourth-order valence-corrected chi connectivity index (χ4v) is 4.75. The Morgan fingerprint density at radius 2 is 1.73 bits per heavy atom. The van der Waals surface area contributed by atoms with Crippen LogP contribution in [-0.2, 0) is 16.0 Å². The second-order valence-electron chi connectivity index (χ2n) is 8.59. The van der Waals surface area contributed by atoms with Crippen LogP contribution in [0.25, 0.3) is 0 Å². The third-order valence-electron chi connectivity index (χ3n) is 6.49. The molecule has 1 aliphatic carbocycles. The van der Waals surface area contributed by atoms with Gasteiger partial charge in [-0.2, -0.15) is 0 Å². The summed E-state index contributed by atoms with van der Waals surface area (Å²) in [6.07, 6.45) is 7.59. The van der Waals surface area contributed by atoms with Gasteiger partial charge < -0.3 is 9.84 Å². The van der Waals surface area contributed by atoms with Gasteiger partial charge in [0, 0.05) is 0 Å². The molecule has 0 saturated heterocycles. The van der Waals surface area contributed by atoms with Gasteiger partial charge in [0.2, 0.25) is 0 Å². The second-order valence-corrected chi connectivity index (χ2v) is 8.59. The fourth-order valence-electron chi connectivity index (χ4n) is 4.75. The molecule has 30 heavy (non-hydrogen) atoms. The largest absolute Gasteiger partial charge is 0.494 e. The lowest BCUT2D eigenvalue weighted by atomic mass is 9.81. The van der Waals surface area contributed by atoms with E-state index in [2.05, 4.69) is 0 Å². The second kappa shape index (κ2) is 9.57. The minimum Gasteiger partial charge on any atom is -0.494 e. The molecule has 2 aliphatic rings. The predicted octanol–water partition coefficient (Wildman–Crippen LogP) is 5.34. The molecule has 1 N–H and O–H groups in total. The zero-order valence-electron chi connectivity index (χ0n) is 17.2. The van der Waals surface area contributed by atoms with E-state index in [1.807, 2.05) is 30.3 Å². The van der Waals surface area contributed by atoms with Crippen molar-refractivity contribution in [1.29, 1.82) is 0 Å². The Morgan fingerprint density at radius 1 is 1.03 bits per heavy atom. The third-order valence-corrected chi connectivity index (χ3v) is 6.49. The van der Waals surface area contributed by atoms with Crippen LogP contribution in [0.3, 0.4) is 0 Å². The lowest BCUT2D eigenvalue weighted by molar-refractivity contribution is -0.118. The first-order valence-electron chi connectivity index (χ1n) is 11.0. The molecular weight excluding hydrogens is 379 g/mol. The van der Waals surface area contributed by atoms with Crippen LogP contribution >= 0.6 is 0 Å². The molecule has 1 aliphatic heterocycles. The first-order valence-corrected chi connectivity index (χ1v) is 11.0. The van der Waals surface area contributed by atoms with Crippen LogP contribution in [0, 0.1) is 11.7 Å². The van der Waals surface area contributed by atoms with Crippen LogP contribution in [0.1, 0.15) is 55.6 Å². The van der Waals surface area contributed by atoms with Crippen molar-refractivity contribution < 1.29 is 19.0 Å². The number of benzene rings is 2. The van der Waals surface area contributed by atoms with Crippen molar-refractivity contribution in [3.05, 3.63) is 83.4 Å². The molecule has 158 valence electrons. The van der Waals surface area contributed by atoms with E-state index in [0.717, 1.165) is 17.5 Å². The van der Waals surface area contributed by atoms with Gasteiger partial charge in [-0.15, -0.1) is 0 Å². The van der Waals surface area contributed by atoms with Crippen molar-refractivity contribution in [2.75, 3.05) is 0 Å². The van der Waals surface area contributed by atoms with Crippen LogP contribution < -0.4 is 0 Å². The smallest absolute Gasteiger partial charge is 0.172 e. The Hall–Kier alpha value is -2.46. The van der Waals surface area contributed by atoms with Crippen molar-refractivity contribution in [2.45, 2.75) is 63.1 Å². The number of halogens is 1. The molecule has 3 unspecified atom stereocenters. The van der Waals surface area contributed by atoms with Gasteiger partial charge in [-0.25, -0.2) is 4.39 Å². The highest BCUT2D eigenvalue weighted by Gasteiger charge is 2.38. The summed E-state index contributed by atoms with van der Waals surface area (Å²) < 4.78 is 19.1. The first-order chi connectivity index (χ1) is 14.6. The number of aliphatic hydroxyl groups excluding tert-OH is 1. The highest BCUT2D eigenvalue weighted by atomic mass is 19.1. The lowest BCUT2D eigenvalue weighted by Gasteiger charge is -2.26. The molecule has 3 nitrogen and oxygen atoms in total. The summed E-state index contributed by atoms with van der Waals surface area (Å²) in [6, 6.07) is 15.8. The third kappa shape index (κ3) is 4.81. The average Bonchev–Trinajstić information content (AvgIpc) is 3.14. The Morgan fingerprint density at radius 3 is 2.43 bits per heavy atom. The van der Waals surface area contributed by atoms with E-state index in [1.165, 1.54) is 50.5 Å². The summed E-state index contributed by atoms with van der Waals surface area (Å²) >= 11 is 0. The molecule has 0 aromatic heterocycles. The average molecular weight is 409 g/mol. The highest BCUT2D eigenvalue weighted by Crippen LogP contribution is 2.35. The molecule has 4 rings (SSSR count). The number of ketones is 1. The standard InChI is InChI=1S/C26H29FO3/c27-21-13-11-19(12-14-21)15-22(20-9-5-2-6-10-20)25(28)23-17-30-24(26(23)29)16-18-7-3-1-4-8-18/h2,5-6,9-14,17-18,22,24,26,29H,1,3-4,7-8,15-16H2. The van der Waals surface area contributed by atoms with Crippen molar-refractivity contribution in [3.63, 3.8) is 0 Å². The van der Waals surface area contributed by atoms with E-state index in [4.69, 9.17) is 4.74 Å². The van der Waals surface area contributed by atoms with Gasteiger partial charge in [0.1, 0.15) is 18.0 Å². The number of Topliss-reactive ketones (excluding diaryl/α,β-unsaturated/α-hetero) is 1. The summed E-state index contributed by atoms with van der Waals surface area (Å²) in [4.78, 5) is 13.5. The van der Waals surface area contributed by atoms with Crippen LogP contribution in [0.4, 0.5) is 4.39 Å². The minimum atomic E-state index is -0.890. The Bertz CT molecular complexity index is 869. The van der Waals surface area contributed by atoms with Crippen molar-refractivity contribution in [3.8, 4) is 0 Å². The van der Waals surface area contributed by atoms with Gasteiger partial charge in [-0.05, 0) is 42.0 Å². The van der Waals surface area contributed by atoms with Crippen LogP contribution in [-0.4, -0.2) is 23.1 Å². The van der Waals surface area contributed by atoms with Gasteiger partial charge >= 0.3 is 0 Å². The molecule has 4 heteroatoms. The van der Waals surface area contributed by atoms with Gasteiger partial charge in [-0.1, -0.05) is 74.6 Å². The normalized spacial score (nSPS) is 22.9. The summed E-state index contributed by atoms with van der Waals surface area (Å²) in [5.74, 6) is -0.307.